The van der Waals surface area contributed by atoms with Crippen LogP contribution in [0.3, 0.4) is 0 Å². The molecule has 2 amide bonds. The number of hydrogen-bond acceptors (Lipinski definition) is 5. The van der Waals surface area contributed by atoms with Gasteiger partial charge in [0.1, 0.15) is 6.61 Å². The van der Waals surface area contributed by atoms with Crippen LogP contribution in [-0.2, 0) is 25.7 Å². The molecule has 1 aromatic carbocycles. The Hall–Kier alpha value is -2.78. The number of carbonyl (C=O) groups excluding carboxylic acids is 3. The largest absolute Gasteiger partial charge is 0.471 e. The molecule has 1 saturated heterocycles. The summed E-state index contributed by atoms with van der Waals surface area (Å²) in [5, 5.41) is 1.97. The summed E-state index contributed by atoms with van der Waals surface area (Å²) in [7, 11) is 0. The van der Waals surface area contributed by atoms with Crippen LogP contribution in [0.4, 0.5) is 18.0 Å². The number of rotatable bonds is 7. The number of esters is 1. The Bertz CT molecular complexity index is 798. The van der Waals surface area contributed by atoms with Gasteiger partial charge < -0.3 is 19.7 Å². The molecule has 1 aliphatic heterocycles. The quantitative estimate of drug-likeness (QED) is 0.657. The van der Waals surface area contributed by atoms with Crippen LogP contribution in [-0.4, -0.2) is 54.3 Å². The van der Waals surface area contributed by atoms with E-state index in [1.807, 2.05) is 11.4 Å². The average Bonchev–Trinajstić information content (AvgIpc) is 3.47. The number of hydrogen-bond donors (Lipinski definition) is 1. The number of amides is 2. The molecule has 1 N–H and O–H groups in total. The molecule has 0 bridgehead atoms. The van der Waals surface area contributed by atoms with Crippen molar-refractivity contribution in [3.05, 3.63) is 35.9 Å². The van der Waals surface area contributed by atoms with Crippen LogP contribution in [0.1, 0.15) is 31.7 Å². The topological polar surface area (TPSA) is 84.9 Å². The standard InChI is InChI=1S/C21H25F3N2O5/c1-2-30-18(27)16(14-8-9-14)17-15(25-19(28)21(22,23)24)10-11-26(17)20(29)31-12-13-6-4-3-5-7-13/h3-7,14-17H,2,8-12H2,1H3,(H,25,28). The highest BCUT2D eigenvalue weighted by Crippen LogP contribution is 2.43. The Balaban J connectivity index is 1.80. The Kier molecular flexibility index (Phi) is 7.07. The van der Waals surface area contributed by atoms with Crippen molar-refractivity contribution in [2.45, 2.75) is 51.1 Å². The van der Waals surface area contributed by atoms with Crippen LogP contribution in [0.5, 0.6) is 0 Å². The highest BCUT2D eigenvalue weighted by molar-refractivity contribution is 5.83. The van der Waals surface area contributed by atoms with Crippen LogP contribution in [0, 0.1) is 11.8 Å². The second kappa shape index (κ2) is 9.57. The molecule has 10 heteroatoms. The molecule has 0 radical (unpaired) electrons. The summed E-state index contributed by atoms with van der Waals surface area (Å²) >= 11 is 0. The zero-order valence-electron chi connectivity index (χ0n) is 17.1. The lowest BCUT2D eigenvalue weighted by molar-refractivity contribution is -0.174. The van der Waals surface area contributed by atoms with Gasteiger partial charge in [-0.25, -0.2) is 4.79 Å². The first-order valence-corrected chi connectivity index (χ1v) is 10.2. The van der Waals surface area contributed by atoms with E-state index in [0.29, 0.717) is 12.8 Å². The molecule has 3 rings (SSSR count). The van der Waals surface area contributed by atoms with Gasteiger partial charge in [0, 0.05) is 6.54 Å². The van der Waals surface area contributed by atoms with E-state index in [1.54, 1.807) is 31.2 Å². The zero-order chi connectivity index (χ0) is 22.6. The summed E-state index contributed by atoms with van der Waals surface area (Å²) in [4.78, 5) is 38.3. The summed E-state index contributed by atoms with van der Waals surface area (Å²) in [6.07, 6.45) is -4.33. The highest BCUT2D eigenvalue weighted by atomic mass is 19.4. The normalized spacial score (nSPS) is 22.0. The summed E-state index contributed by atoms with van der Waals surface area (Å²) < 4.78 is 49.0. The zero-order valence-corrected chi connectivity index (χ0v) is 17.1. The molecule has 7 nitrogen and oxygen atoms in total. The molecular weight excluding hydrogens is 417 g/mol. The van der Waals surface area contributed by atoms with E-state index in [4.69, 9.17) is 9.47 Å². The second-order valence-corrected chi connectivity index (χ2v) is 7.71. The van der Waals surface area contributed by atoms with Crippen molar-refractivity contribution in [3.63, 3.8) is 0 Å². The van der Waals surface area contributed by atoms with E-state index in [2.05, 4.69) is 0 Å². The molecule has 2 fully saturated rings. The van der Waals surface area contributed by atoms with Crippen molar-refractivity contribution >= 4 is 18.0 Å². The molecule has 1 aliphatic carbocycles. The molecule has 2 aliphatic rings. The lowest BCUT2D eigenvalue weighted by Gasteiger charge is -2.33. The first-order chi connectivity index (χ1) is 14.7. The smallest absolute Gasteiger partial charge is 0.466 e. The predicted molar refractivity (Wildman–Crippen MR) is 103 cm³/mol. The molecule has 1 aromatic rings. The fraction of sp³-hybridized carbons (Fsp3) is 0.571. The minimum Gasteiger partial charge on any atom is -0.466 e. The SMILES string of the molecule is CCOC(=O)C(C1CC1)C1C(NC(=O)C(F)(F)F)CCN1C(=O)OCc1ccccc1. The van der Waals surface area contributed by atoms with Crippen LogP contribution in [0.25, 0.3) is 0 Å². The van der Waals surface area contributed by atoms with E-state index in [0.717, 1.165) is 5.56 Å². The second-order valence-electron chi connectivity index (χ2n) is 7.71. The van der Waals surface area contributed by atoms with Crippen molar-refractivity contribution < 1.29 is 37.0 Å². The number of carbonyl (C=O) groups is 3. The van der Waals surface area contributed by atoms with Gasteiger partial charge in [0.05, 0.1) is 24.6 Å². The monoisotopic (exact) mass is 442 g/mol. The van der Waals surface area contributed by atoms with E-state index in [9.17, 15) is 27.6 Å². The number of ether oxygens (including phenoxy) is 2. The Labute approximate surface area is 177 Å². The van der Waals surface area contributed by atoms with Gasteiger partial charge in [0.25, 0.3) is 0 Å². The molecule has 0 spiro atoms. The van der Waals surface area contributed by atoms with Gasteiger partial charge in [-0.05, 0) is 37.7 Å². The first kappa shape index (κ1) is 22.9. The van der Waals surface area contributed by atoms with E-state index < -0.39 is 42.1 Å². The van der Waals surface area contributed by atoms with Crippen molar-refractivity contribution in [2.75, 3.05) is 13.2 Å². The fourth-order valence-corrected chi connectivity index (χ4v) is 3.99. The lowest BCUT2D eigenvalue weighted by atomic mass is 9.89. The third-order valence-electron chi connectivity index (χ3n) is 5.52. The number of nitrogens with zero attached hydrogens (tertiary/aromatic N) is 1. The Morgan fingerprint density at radius 1 is 1.13 bits per heavy atom. The average molecular weight is 442 g/mol. The number of likely N-dealkylation sites (tertiary alicyclic amines) is 1. The van der Waals surface area contributed by atoms with Gasteiger partial charge in [-0.15, -0.1) is 0 Å². The molecule has 3 atom stereocenters. The van der Waals surface area contributed by atoms with Crippen LogP contribution in [0.15, 0.2) is 30.3 Å². The van der Waals surface area contributed by atoms with Crippen LogP contribution >= 0.6 is 0 Å². The van der Waals surface area contributed by atoms with Gasteiger partial charge in [0.15, 0.2) is 0 Å². The lowest BCUT2D eigenvalue weighted by Crippen LogP contribution is -2.55. The number of alkyl halides is 3. The van der Waals surface area contributed by atoms with Crippen LogP contribution in [0.2, 0.25) is 0 Å². The van der Waals surface area contributed by atoms with Gasteiger partial charge in [-0.1, -0.05) is 30.3 Å². The maximum absolute atomic E-state index is 12.8. The molecule has 170 valence electrons. The third-order valence-corrected chi connectivity index (χ3v) is 5.52. The van der Waals surface area contributed by atoms with E-state index in [-0.39, 0.29) is 32.1 Å². The minimum atomic E-state index is -5.06. The highest BCUT2D eigenvalue weighted by Gasteiger charge is 2.53. The van der Waals surface area contributed by atoms with Crippen molar-refractivity contribution in [2.24, 2.45) is 11.8 Å². The van der Waals surface area contributed by atoms with Gasteiger partial charge >= 0.3 is 24.1 Å². The molecule has 0 aromatic heterocycles. The summed E-state index contributed by atoms with van der Waals surface area (Å²) in [6.45, 7) is 1.78. The summed E-state index contributed by atoms with van der Waals surface area (Å²) in [6, 6.07) is 6.92. The maximum atomic E-state index is 12.8. The third kappa shape index (κ3) is 5.68. The first-order valence-electron chi connectivity index (χ1n) is 10.2. The minimum absolute atomic E-state index is 0.0179. The Morgan fingerprint density at radius 2 is 1.81 bits per heavy atom. The van der Waals surface area contributed by atoms with E-state index in [1.165, 1.54) is 4.90 Å². The summed E-state index contributed by atoms with van der Waals surface area (Å²) in [5.74, 6) is -3.62. The van der Waals surface area contributed by atoms with Gasteiger partial charge in [0.2, 0.25) is 0 Å². The van der Waals surface area contributed by atoms with Crippen LogP contribution < -0.4 is 5.32 Å². The number of benzene rings is 1. The summed E-state index contributed by atoms with van der Waals surface area (Å²) in [5.41, 5.74) is 0.748. The molecule has 1 saturated carbocycles. The number of halogens is 3. The van der Waals surface area contributed by atoms with Crippen molar-refractivity contribution in [1.29, 1.82) is 0 Å². The fourth-order valence-electron chi connectivity index (χ4n) is 3.99. The maximum Gasteiger partial charge on any atom is 0.471 e. The van der Waals surface area contributed by atoms with Gasteiger partial charge in [-0.3, -0.25) is 9.59 Å². The van der Waals surface area contributed by atoms with E-state index >= 15 is 0 Å². The molecule has 3 unspecified atom stereocenters. The molecular formula is C21H25F3N2O5. The van der Waals surface area contributed by atoms with Gasteiger partial charge in [-0.2, -0.15) is 13.2 Å². The molecule has 1 heterocycles. The predicted octanol–water partition coefficient (Wildman–Crippen LogP) is 3.03. The van der Waals surface area contributed by atoms with Crippen molar-refractivity contribution in [3.8, 4) is 0 Å². The number of nitrogens with one attached hydrogen (secondary N) is 1. The van der Waals surface area contributed by atoms with Crippen molar-refractivity contribution in [1.82, 2.24) is 10.2 Å². The molecule has 31 heavy (non-hydrogen) atoms. The Morgan fingerprint density at radius 3 is 2.39 bits per heavy atom.